The van der Waals surface area contributed by atoms with E-state index in [2.05, 4.69) is 13.0 Å². The summed E-state index contributed by atoms with van der Waals surface area (Å²) in [7, 11) is 0. The molecule has 0 aromatic carbocycles. The summed E-state index contributed by atoms with van der Waals surface area (Å²) in [6, 6.07) is 0. The van der Waals surface area contributed by atoms with Gasteiger partial charge in [0.2, 0.25) is 5.78 Å². The van der Waals surface area contributed by atoms with Gasteiger partial charge in [0.25, 0.3) is 0 Å². The van der Waals surface area contributed by atoms with Crippen LogP contribution in [0.3, 0.4) is 0 Å². The number of Topliss-reactive ketones (excluding diaryl/α,β-unsaturated/α-hetero) is 1. The highest BCUT2D eigenvalue weighted by molar-refractivity contribution is 6.24. The Hall–Kier alpha value is -1.40. The highest BCUT2D eigenvalue weighted by Gasteiger charge is 2.69. The van der Waals surface area contributed by atoms with Crippen molar-refractivity contribution in [3.63, 3.8) is 0 Å². The molecule has 0 heterocycles. The number of fused-ring (bicyclic) bond motifs is 5. The van der Waals surface area contributed by atoms with Gasteiger partial charge in [0.1, 0.15) is 11.7 Å². The average molecular weight is 467 g/mol. The van der Waals surface area contributed by atoms with Gasteiger partial charge in [-0.05, 0) is 61.7 Å². The standard InChI is InChI=1S/C25H35ClO6/c1-14(27)31-13-22(29)25(30)21(26)12-20-18-6-5-16-11-17(32-15(2)28)7-9-23(16,3)19(18)8-10-24(20,25)4/h5,17-21,30H,6-13H2,1-4H3. The number of ketones is 1. The topological polar surface area (TPSA) is 89.9 Å². The minimum absolute atomic E-state index is 0.0417. The second-order valence-corrected chi connectivity index (χ2v) is 11.4. The Morgan fingerprint density at radius 2 is 1.84 bits per heavy atom. The van der Waals surface area contributed by atoms with Crippen LogP contribution in [0.15, 0.2) is 11.6 Å². The first-order chi connectivity index (χ1) is 14.9. The van der Waals surface area contributed by atoms with E-state index in [4.69, 9.17) is 21.1 Å². The summed E-state index contributed by atoms with van der Waals surface area (Å²) < 4.78 is 10.4. The third-order valence-corrected chi connectivity index (χ3v) is 9.89. The molecule has 4 aliphatic rings. The molecule has 6 nitrogen and oxygen atoms in total. The van der Waals surface area contributed by atoms with Crippen molar-refractivity contribution in [3.8, 4) is 0 Å². The van der Waals surface area contributed by atoms with Gasteiger partial charge in [0.05, 0.1) is 5.38 Å². The summed E-state index contributed by atoms with van der Waals surface area (Å²) in [5, 5.41) is 11.0. The fourth-order valence-electron chi connectivity index (χ4n) is 7.71. The van der Waals surface area contributed by atoms with Gasteiger partial charge in [0.15, 0.2) is 6.61 Å². The molecule has 4 aliphatic carbocycles. The van der Waals surface area contributed by atoms with Gasteiger partial charge in [-0.3, -0.25) is 14.4 Å². The van der Waals surface area contributed by atoms with E-state index in [1.807, 2.05) is 6.92 Å². The van der Waals surface area contributed by atoms with Crippen LogP contribution in [0.1, 0.15) is 72.6 Å². The van der Waals surface area contributed by atoms with E-state index in [9.17, 15) is 19.5 Å². The Bertz CT molecular complexity index is 853. The van der Waals surface area contributed by atoms with Crippen LogP contribution < -0.4 is 0 Å². The van der Waals surface area contributed by atoms with Crippen molar-refractivity contribution in [2.75, 3.05) is 6.61 Å². The van der Waals surface area contributed by atoms with Crippen LogP contribution in [0.25, 0.3) is 0 Å². The number of esters is 2. The maximum absolute atomic E-state index is 13.1. The van der Waals surface area contributed by atoms with Crippen LogP contribution >= 0.6 is 11.6 Å². The van der Waals surface area contributed by atoms with Crippen LogP contribution in [0.4, 0.5) is 0 Å². The van der Waals surface area contributed by atoms with Gasteiger partial charge in [-0.25, -0.2) is 0 Å². The maximum atomic E-state index is 13.1. The lowest BCUT2D eigenvalue weighted by Crippen LogP contribution is -2.60. The van der Waals surface area contributed by atoms with E-state index in [1.165, 1.54) is 19.4 Å². The lowest BCUT2D eigenvalue weighted by molar-refractivity contribution is -0.168. The lowest BCUT2D eigenvalue weighted by atomic mass is 9.46. The second-order valence-electron chi connectivity index (χ2n) is 10.9. The molecule has 0 bridgehead atoms. The maximum Gasteiger partial charge on any atom is 0.303 e. The summed E-state index contributed by atoms with van der Waals surface area (Å²) in [6.45, 7) is 6.62. The molecule has 0 aliphatic heterocycles. The van der Waals surface area contributed by atoms with Crippen molar-refractivity contribution in [2.24, 2.45) is 28.6 Å². The number of ether oxygens (including phenoxy) is 2. The van der Waals surface area contributed by atoms with Gasteiger partial charge in [0, 0.05) is 25.7 Å². The fourth-order valence-corrected chi connectivity index (χ4v) is 8.28. The van der Waals surface area contributed by atoms with Gasteiger partial charge >= 0.3 is 11.9 Å². The number of aliphatic hydroxyl groups is 1. The molecule has 3 fully saturated rings. The van der Waals surface area contributed by atoms with Gasteiger partial charge in [-0.1, -0.05) is 25.5 Å². The number of halogens is 1. The minimum atomic E-state index is -1.70. The van der Waals surface area contributed by atoms with E-state index in [0.29, 0.717) is 24.7 Å². The molecule has 0 radical (unpaired) electrons. The van der Waals surface area contributed by atoms with E-state index in [0.717, 1.165) is 32.1 Å². The summed E-state index contributed by atoms with van der Waals surface area (Å²) in [5.41, 5.74) is -0.904. The molecule has 0 amide bonds. The van der Waals surface area contributed by atoms with Gasteiger partial charge < -0.3 is 14.6 Å². The van der Waals surface area contributed by atoms with Crippen LogP contribution in [0.2, 0.25) is 0 Å². The monoisotopic (exact) mass is 466 g/mol. The van der Waals surface area contributed by atoms with E-state index in [-0.39, 0.29) is 23.4 Å². The molecular formula is C25H35ClO6. The number of allylic oxidation sites excluding steroid dienone is 1. The molecule has 0 saturated heterocycles. The molecule has 3 saturated carbocycles. The van der Waals surface area contributed by atoms with Crippen LogP contribution in [-0.2, 0) is 23.9 Å². The summed E-state index contributed by atoms with van der Waals surface area (Å²) in [4.78, 5) is 35.7. The number of carbonyl (C=O) groups is 3. The first-order valence-corrected chi connectivity index (χ1v) is 12.3. The number of carbonyl (C=O) groups excluding carboxylic acids is 3. The Labute approximate surface area is 195 Å². The van der Waals surface area contributed by atoms with E-state index < -0.39 is 34.8 Å². The van der Waals surface area contributed by atoms with E-state index >= 15 is 0 Å². The first kappa shape index (κ1) is 23.7. The van der Waals surface area contributed by atoms with Crippen LogP contribution in [0.5, 0.6) is 0 Å². The zero-order valence-corrected chi connectivity index (χ0v) is 20.2. The molecule has 0 spiro atoms. The SMILES string of the molecule is CC(=O)OCC(=O)C1(O)C(Cl)CC2C3CC=C4CC(OC(C)=O)CCC4(C)C3CCC21C. The quantitative estimate of drug-likeness (QED) is 0.383. The Balaban J connectivity index is 1.59. The molecule has 178 valence electrons. The Morgan fingerprint density at radius 3 is 2.50 bits per heavy atom. The zero-order valence-electron chi connectivity index (χ0n) is 19.5. The normalized spacial score (nSPS) is 45.1. The number of hydrogen-bond acceptors (Lipinski definition) is 6. The molecule has 1 N–H and O–H groups in total. The Morgan fingerprint density at radius 1 is 1.12 bits per heavy atom. The fraction of sp³-hybridized carbons (Fsp3) is 0.800. The molecule has 32 heavy (non-hydrogen) atoms. The van der Waals surface area contributed by atoms with Gasteiger partial charge in [-0.15, -0.1) is 11.6 Å². The van der Waals surface area contributed by atoms with Crippen molar-refractivity contribution in [1.82, 2.24) is 0 Å². The number of alkyl halides is 1. The molecule has 0 aromatic rings. The third kappa shape index (κ3) is 3.44. The lowest BCUT2D eigenvalue weighted by Gasteiger charge is -2.58. The van der Waals surface area contributed by atoms with Crippen molar-refractivity contribution < 1.29 is 29.0 Å². The average Bonchev–Trinajstić information content (AvgIpc) is 2.93. The molecule has 0 aromatic heterocycles. The zero-order chi connectivity index (χ0) is 23.5. The highest BCUT2D eigenvalue weighted by atomic mass is 35.5. The summed E-state index contributed by atoms with van der Waals surface area (Å²) in [5.74, 6) is -0.345. The summed E-state index contributed by atoms with van der Waals surface area (Å²) >= 11 is 6.69. The van der Waals surface area contributed by atoms with Gasteiger partial charge in [-0.2, -0.15) is 0 Å². The third-order valence-electron chi connectivity index (χ3n) is 9.40. The van der Waals surface area contributed by atoms with E-state index in [1.54, 1.807) is 0 Å². The first-order valence-electron chi connectivity index (χ1n) is 11.8. The molecule has 8 atom stereocenters. The second kappa shape index (κ2) is 8.12. The molecule has 7 heteroatoms. The molecular weight excluding hydrogens is 432 g/mol. The van der Waals surface area contributed by atoms with Crippen molar-refractivity contribution in [1.29, 1.82) is 0 Å². The van der Waals surface area contributed by atoms with Crippen LogP contribution in [0, 0.1) is 28.6 Å². The molecule has 8 unspecified atom stereocenters. The number of hydrogen-bond donors (Lipinski definition) is 1. The minimum Gasteiger partial charge on any atom is -0.462 e. The Kier molecular flexibility index (Phi) is 6.03. The van der Waals surface area contributed by atoms with Crippen molar-refractivity contribution in [2.45, 2.75) is 89.7 Å². The molecule has 4 rings (SSSR count). The summed E-state index contributed by atoms with van der Waals surface area (Å²) in [6.07, 6.45) is 8.01. The predicted octanol–water partition coefficient (Wildman–Crippen LogP) is 3.96. The van der Waals surface area contributed by atoms with Crippen molar-refractivity contribution in [3.05, 3.63) is 11.6 Å². The van der Waals surface area contributed by atoms with Crippen LogP contribution in [-0.4, -0.2) is 46.5 Å². The number of rotatable bonds is 4. The largest absolute Gasteiger partial charge is 0.462 e. The van der Waals surface area contributed by atoms with Crippen molar-refractivity contribution >= 4 is 29.3 Å². The predicted molar refractivity (Wildman–Crippen MR) is 119 cm³/mol. The highest BCUT2D eigenvalue weighted by Crippen LogP contribution is 2.68. The smallest absolute Gasteiger partial charge is 0.303 e.